The van der Waals surface area contributed by atoms with Crippen molar-refractivity contribution in [1.82, 2.24) is 46.0 Å². The molecule has 0 saturated heterocycles. The number of rotatable bonds is 16. The van der Waals surface area contributed by atoms with Gasteiger partial charge in [0.05, 0.1) is 12.1 Å². The smallest absolute Gasteiger partial charge is 0.331 e. The highest BCUT2D eigenvalue weighted by atomic mass is 32.2. The van der Waals surface area contributed by atoms with Crippen molar-refractivity contribution in [2.45, 2.75) is 75.6 Å². The molecule has 7 atom stereocenters. The topological polar surface area (TPSA) is 269 Å². The van der Waals surface area contributed by atoms with Crippen molar-refractivity contribution in [2.75, 3.05) is 19.1 Å². The van der Waals surface area contributed by atoms with E-state index in [1.807, 2.05) is 31.2 Å². The van der Waals surface area contributed by atoms with Gasteiger partial charge in [-0.05, 0) is 85.7 Å². The van der Waals surface area contributed by atoms with Crippen LogP contribution >= 0.6 is 11.8 Å². The second-order valence-corrected chi connectivity index (χ2v) is 16.0. The largest absolute Gasteiger partial charge is 0.508 e. The van der Waals surface area contributed by atoms with Crippen molar-refractivity contribution in [1.29, 1.82) is 0 Å². The molecule has 2 aromatic carbocycles. The van der Waals surface area contributed by atoms with Crippen LogP contribution in [0.15, 0.2) is 94.6 Å². The Labute approximate surface area is 359 Å². The number of nitrogens with one attached hydrogen (secondary N) is 7. The van der Waals surface area contributed by atoms with E-state index in [1.165, 1.54) is 48.3 Å². The molecule has 9 N–H and O–H groups in total. The highest BCUT2D eigenvalue weighted by Gasteiger charge is 2.38. The Morgan fingerprint density at radius 2 is 1.81 bits per heavy atom. The molecule has 62 heavy (non-hydrogen) atoms. The fraction of sp³-hybridized carbons (Fsp3) is 0.357. The molecule has 0 fully saturated rings. The van der Waals surface area contributed by atoms with Gasteiger partial charge in [-0.1, -0.05) is 24.3 Å². The third kappa shape index (κ3) is 10.6. The molecule has 7 unspecified atom stereocenters. The van der Waals surface area contributed by atoms with Crippen LogP contribution in [0.25, 0.3) is 10.9 Å². The lowest BCUT2D eigenvalue weighted by Gasteiger charge is -2.37. The zero-order valence-electron chi connectivity index (χ0n) is 34.3. The summed E-state index contributed by atoms with van der Waals surface area (Å²) in [4.78, 5) is 98.5. The predicted octanol–water partition coefficient (Wildman–Crippen LogP) is 1.49. The molecule has 4 heterocycles. The number of likely N-dealkylation sites (N-methyl/N-ethyl adjacent to an activating group) is 1. The number of thioether (sulfide) groups is 1. The molecule has 0 radical (unpaired) electrons. The summed E-state index contributed by atoms with van der Waals surface area (Å²) in [7, 11) is 1.49. The molecular weight excluding hydrogens is 823 g/mol. The van der Waals surface area contributed by atoms with Gasteiger partial charge in [-0.25, -0.2) is 14.4 Å². The summed E-state index contributed by atoms with van der Waals surface area (Å²) in [6.07, 6.45) is 8.33. The second-order valence-electron chi connectivity index (χ2n) is 15.1. The Hall–Kier alpha value is -6.80. The lowest BCUT2D eigenvalue weighted by Crippen LogP contribution is -2.62. The molecule has 0 aliphatic carbocycles. The number of aliphatic carboxylic acids is 1. The molecule has 4 aromatic rings. The minimum atomic E-state index is -1.43. The van der Waals surface area contributed by atoms with Gasteiger partial charge >= 0.3 is 17.7 Å². The summed E-state index contributed by atoms with van der Waals surface area (Å²) in [6.45, 7) is 3.46. The van der Waals surface area contributed by atoms with E-state index in [1.54, 1.807) is 37.6 Å². The Morgan fingerprint density at radius 1 is 1.05 bits per heavy atom. The molecule has 20 heteroatoms. The first kappa shape index (κ1) is 44.7. The minimum absolute atomic E-state index is 0.0489. The average Bonchev–Trinajstić information content (AvgIpc) is 3.89. The number of benzene rings is 2. The number of aromatic amines is 2. The van der Waals surface area contributed by atoms with Crippen molar-refractivity contribution in [3.63, 3.8) is 0 Å². The molecule has 0 saturated carbocycles. The Morgan fingerprint density at radius 3 is 2.55 bits per heavy atom. The van der Waals surface area contributed by atoms with Crippen LogP contribution in [0.3, 0.4) is 0 Å². The van der Waals surface area contributed by atoms with Crippen molar-refractivity contribution in [2.24, 2.45) is 0 Å². The number of fused-ring (bicyclic) bond motifs is 2. The first-order valence-corrected chi connectivity index (χ1v) is 21.2. The maximum atomic E-state index is 14.1. The highest BCUT2D eigenvalue weighted by molar-refractivity contribution is 7.98. The van der Waals surface area contributed by atoms with E-state index in [2.05, 4.69) is 36.6 Å². The molecule has 2 aromatic heterocycles. The van der Waals surface area contributed by atoms with Crippen molar-refractivity contribution >= 4 is 52.4 Å². The second kappa shape index (κ2) is 19.7. The number of hydrogen-bond acceptors (Lipinski definition) is 11. The number of aromatic hydroxyl groups is 1. The van der Waals surface area contributed by atoms with E-state index in [4.69, 9.17) is 4.74 Å². The standard InChI is InChI=1S/C42H49N9O10S/c1-22-28-11-9-26(52)17-24(28)18-32(45-22)39(56)50(3)23(2)36(38(55)44-21-27-10-12-35(61-27)51-15-13-34(53)48-42(51)60)49-37(54)31(14-16-62-4)46-41(59)47-33(40(57)58)19-25-20-43-30-8-6-5-7-29(25)30/h5-13,15,17,20-23,31-33,35-36,43,45,52H,14,16,18-19H2,1-4H3,(H,44,55)(H,49,54)(H,57,58)(H2,46,47,59)(H,48,53,60). The van der Waals surface area contributed by atoms with Crippen LogP contribution in [0.2, 0.25) is 0 Å². The lowest BCUT2D eigenvalue weighted by molar-refractivity contribution is -0.139. The number of urea groups is 1. The van der Waals surface area contributed by atoms with Crippen LogP contribution in [0.5, 0.6) is 5.75 Å². The monoisotopic (exact) mass is 871 g/mol. The summed E-state index contributed by atoms with van der Waals surface area (Å²) in [6, 6.07) is 6.53. The zero-order valence-corrected chi connectivity index (χ0v) is 35.2. The van der Waals surface area contributed by atoms with Crippen LogP contribution in [0.4, 0.5) is 4.79 Å². The van der Waals surface area contributed by atoms with E-state index in [0.717, 1.165) is 32.7 Å². The maximum Gasteiger partial charge on any atom is 0.331 e. The molecule has 328 valence electrons. The number of phenols is 1. The number of para-hydroxylation sites is 1. The fourth-order valence-corrected chi connectivity index (χ4v) is 7.89. The lowest BCUT2D eigenvalue weighted by atomic mass is 9.90. The van der Waals surface area contributed by atoms with E-state index < -0.39 is 77.4 Å². The molecule has 5 amide bonds. The number of nitrogens with zero attached hydrogens (tertiary/aromatic N) is 2. The van der Waals surface area contributed by atoms with Gasteiger partial charge in [0, 0.05) is 55.1 Å². The maximum absolute atomic E-state index is 14.1. The Balaban J connectivity index is 1.20. The molecule has 0 spiro atoms. The minimum Gasteiger partial charge on any atom is -0.508 e. The summed E-state index contributed by atoms with van der Waals surface area (Å²) < 4.78 is 6.91. The van der Waals surface area contributed by atoms with Gasteiger partial charge in [0.1, 0.15) is 29.6 Å². The quantitative estimate of drug-likeness (QED) is 0.0776. The molecule has 6 rings (SSSR count). The number of carbonyl (C=O) groups is 5. The summed E-state index contributed by atoms with van der Waals surface area (Å²) in [5, 5.41) is 34.6. The molecule has 2 aliphatic heterocycles. The van der Waals surface area contributed by atoms with Crippen molar-refractivity contribution in [3.05, 3.63) is 123 Å². The molecular formula is C42H49N9O10S. The first-order valence-electron chi connectivity index (χ1n) is 19.8. The van der Waals surface area contributed by atoms with Gasteiger partial charge in [0.25, 0.3) is 5.56 Å². The van der Waals surface area contributed by atoms with E-state index in [-0.39, 0.29) is 36.8 Å². The number of carboxylic acid groups (broad SMARTS) is 1. The predicted molar refractivity (Wildman–Crippen MR) is 230 cm³/mol. The van der Waals surface area contributed by atoms with Crippen molar-refractivity contribution in [3.8, 4) is 5.75 Å². The molecule has 2 aliphatic rings. The van der Waals surface area contributed by atoms with Crippen LogP contribution in [-0.4, -0.2) is 109 Å². The Bertz CT molecular complexity index is 2510. The van der Waals surface area contributed by atoms with E-state index >= 15 is 0 Å². The zero-order chi connectivity index (χ0) is 44.7. The van der Waals surface area contributed by atoms with Crippen molar-refractivity contribution < 1.29 is 38.9 Å². The fourth-order valence-electron chi connectivity index (χ4n) is 7.42. The Kier molecular flexibility index (Phi) is 14.2. The molecule has 0 bridgehead atoms. The van der Waals surface area contributed by atoms with Gasteiger partial charge in [0.15, 0.2) is 6.23 Å². The highest BCUT2D eigenvalue weighted by Crippen LogP contribution is 2.29. The summed E-state index contributed by atoms with van der Waals surface area (Å²) >= 11 is 1.40. The van der Waals surface area contributed by atoms with Crippen LogP contribution in [0, 0.1) is 0 Å². The third-order valence-electron chi connectivity index (χ3n) is 10.9. The molecule has 19 nitrogen and oxygen atoms in total. The van der Waals surface area contributed by atoms with E-state index in [9.17, 15) is 43.8 Å². The number of H-pyrrole nitrogens is 2. The number of aromatic nitrogens is 3. The average molecular weight is 872 g/mol. The SMILES string of the molecule is CSCCC(NC(=O)NC(Cc1c[nH]c2ccccc12)C(=O)O)C(=O)NC(C(=O)NC=C1C=CC(n2ccc(=O)[nH]c2=O)O1)C(C)N(C)C(=O)C1Cc2cc(O)ccc2C(C)N1. The number of carboxylic acids is 1. The van der Waals surface area contributed by atoms with Gasteiger partial charge in [-0.15, -0.1) is 0 Å². The van der Waals surface area contributed by atoms with Crippen LogP contribution in [-0.2, 0) is 36.8 Å². The number of carbonyl (C=O) groups excluding carboxylic acids is 4. The first-order chi connectivity index (χ1) is 29.6. The van der Waals surface area contributed by atoms with Gasteiger partial charge in [-0.2, -0.15) is 11.8 Å². The number of ether oxygens (including phenoxy) is 1. The number of allylic oxidation sites excluding steroid dienone is 1. The third-order valence-corrected chi connectivity index (χ3v) is 11.5. The van der Waals surface area contributed by atoms with Gasteiger partial charge in [-0.3, -0.25) is 34.0 Å². The van der Waals surface area contributed by atoms with Crippen LogP contribution < -0.4 is 37.8 Å². The van der Waals surface area contributed by atoms with Gasteiger partial charge < -0.3 is 46.1 Å². The normalized spacial score (nSPS) is 19.4. The van der Waals surface area contributed by atoms with E-state index in [0.29, 0.717) is 11.3 Å². The number of hydrogen-bond donors (Lipinski definition) is 9. The van der Waals surface area contributed by atoms with Crippen LogP contribution in [0.1, 0.15) is 49.2 Å². The van der Waals surface area contributed by atoms with Gasteiger partial charge in [0.2, 0.25) is 17.7 Å². The number of phenolic OH excluding ortho intramolecular Hbond substituents is 1. The number of amides is 5. The summed E-state index contributed by atoms with van der Waals surface area (Å²) in [5.74, 6) is -2.64. The summed E-state index contributed by atoms with van der Waals surface area (Å²) in [5.41, 5.74) is 1.88.